The molecule has 1 saturated carbocycles. The highest BCUT2D eigenvalue weighted by Crippen LogP contribution is 2.42. The smallest absolute Gasteiger partial charge is 0.235 e. The molecule has 98 valence electrons. The van der Waals surface area contributed by atoms with Crippen LogP contribution < -0.4 is 5.73 Å². The molecule has 5 heteroatoms. The van der Waals surface area contributed by atoms with Gasteiger partial charge in [-0.15, -0.1) is 0 Å². The highest BCUT2D eigenvalue weighted by Gasteiger charge is 2.48. The van der Waals surface area contributed by atoms with Gasteiger partial charge in [0.05, 0.1) is 23.1 Å². The van der Waals surface area contributed by atoms with Crippen LogP contribution in [0.1, 0.15) is 33.1 Å². The molecule has 4 nitrogen and oxygen atoms in total. The molecule has 1 rings (SSSR count). The fraction of sp³-hybridized carbons (Fsp3) is 0.833. The van der Waals surface area contributed by atoms with Crippen molar-refractivity contribution in [2.75, 3.05) is 20.2 Å². The van der Waals surface area contributed by atoms with Crippen LogP contribution in [0.4, 0.5) is 0 Å². The quantitative estimate of drug-likeness (QED) is 0.730. The third kappa shape index (κ3) is 3.16. The van der Waals surface area contributed by atoms with Crippen LogP contribution in [-0.4, -0.2) is 42.1 Å². The van der Waals surface area contributed by atoms with Crippen molar-refractivity contribution in [3.05, 3.63) is 0 Å². The van der Waals surface area contributed by atoms with Crippen LogP contribution in [0.2, 0.25) is 0 Å². The molecule has 0 radical (unpaired) electrons. The lowest BCUT2D eigenvalue weighted by Crippen LogP contribution is -2.54. The summed E-state index contributed by atoms with van der Waals surface area (Å²) in [4.78, 5) is 14.3. The van der Waals surface area contributed by atoms with Gasteiger partial charge in [0.25, 0.3) is 0 Å². The normalized spacial score (nSPS) is 17.6. The molecule has 1 amide bonds. The summed E-state index contributed by atoms with van der Waals surface area (Å²) >= 11 is 5.03. The second-order valence-corrected chi connectivity index (χ2v) is 5.39. The van der Waals surface area contributed by atoms with Gasteiger partial charge in [-0.2, -0.15) is 0 Å². The summed E-state index contributed by atoms with van der Waals surface area (Å²) in [5.41, 5.74) is 5.13. The maximum atomic E-state index is 12.3. The van der Waals surface area contributed by atoms with Gasteiger partial charge < -0.3 is 15.4 Å². The predicted molar refractivity (Wildman–Crippen MR) is 71.8 cm³/mol. The molecule has 17 heavy (non-hydrogen) atoms. The Morgan fingerprint density at radius 3 is 2.47 bits per heavy atom. The van der Waals surface area contributed by atoms with E-state index < -0.39 is 5.41 Å². The molecule has 2 N–H and O–H groups in total. The standard InChI is InChI=1S/C12H22N2O2S/c1-9(2)16-8-7-14(3)11(15)12(10(13)17)5-4-6-12/h9H,4-8H2,1-3H3,(H2,13,17). The lowest BCUT2D eigenvalue weighted by Gasteiger charge is -2.41. The minimum Gasteiger partial charge on any atom is -0.392 e. The van der Waals surface area contributed by atoms with Crippen molar-refractivity contribution in [2.24, 2.45) is 11.1 Å². The van der Waals surface area contributed by atoms with Gasteiger partial charge in [-0.3, -0.25) is 4.79 Å². The molecular weight excluding hydrogens is 236 g/mol. The van der Waals surface area contributed by atoms with Crippen LogP contribution >= 0.6 is 12.2 Å². The van der Waals surface area contributed by atoms with Crippen molar-refractivity contribution in [2.45, 2.75) is 39.2 Å². The number of ether oxygens (including phenoxy) is 1. The molecule has 0 aliphatic heterocycles. The monoisotopic (exact) mass is 258 g/mol. The van der Waals surface area contributed by atoms with Gasteiger partial charge in [-0.1, -0.05) is 18.6 Å². The molecule has 0 aromatic rings. The molecule has 0 heterocycles. The van der Waals surface area contributed by atoms with E-state index in [1.54, 1.807) is 11.9 Å². The lowest BCUT2D eigenvalue weighted by atomic mass is 9.67. The van der Waals surface area contributed by atoms with Crippen LogP contribution in [0, 0.1) is 5.41 Å². The number of amides is 1. The second kappa shape index (κ2) is 5.78. The topological polar surface area (TPSA) is 55.6 Å². The summed E-state index contributed by atoms with van der Waals surface area (Å²) in [7, 11) is 1.78. The van der Waals surface area contributed by atoms with Gasteiger partial charge in [0.1, 0.15) is 0 Å². The summed E-state index contributed by atoms with van der Waals surface area (Å²) in [5.74, 6) is 0.0450. The zero-order valence-corrected chi connectivity index (χ0v) is 11.7. The molecule has 1 aliphatic carbocycles. The average Bonchev–Trinajstić information content (AvgIpc) is 2.14. The summed E-state index contributed by atoms with van der Waals surface area (Å²) in [5, 5.41) is 0. The number of carbonyl (C=O) groups is 1. The van der Waals surface area contributed by atoms with Crippen molar-refractivity contribution < 1.29 is 9.53 Å². The Morgan fingerprint density at radius 2 is 2.12 bits per heavy atom. The minimum absolute atomic E-state index is 0.0450. The van der Waals surface area contributed by atoms with Crippen LogP contribution in [0.15, 0.2) is 0 Å². The van der Waals surface area contributed by atoms with E-state index in [0.29, 0.717) is 18.1 Å². The van der Waals surface area contributed by atoms with Gasteiger partial charge in [-0.25, -0.2) is 0 Å². The zero-order valence-electron chi connectivity index (χ0n) is 10.9. The number of hydrogen-bond acceptors (Lipinski definition) is 3. The first-order chi connectivity index (χ1) is 7.90. The SMILES string of the molecule is CC(C)OCCN(C)C(=O)C1(C(N)=S)CCC1. The van der Waals surface area contributed by atoms with Crippen LogP contribution in [0.5, 0.6) is 0 Å². The molecular formula is C12H22N2O2S. The molecule has 1 aliphatic rings. The predicted octanol–water partition coefficient (Wildman–Crippen LogP) is 1.33. The molecule has 0 spiro atoms. The number of hydrogen-bond donors (Lipinski definition) is 1. The van der Waals surface area contributed by atoms with Crippen LogP contribution in [0.3, 0.4) is 0 Å². The summed E-state index contributed by atoms with van der Waals surface area (Å²) in [6.45, 7) is 5.09. The average molecular weight is 258 g/mol. The lowest BCUT2D eigenvalue weighted by molar-refractivity contribution is -0.141. The highest BCUT2D eigenvalue weighted by atomic mass is 32.1. The van der Waals surface area contributed by atoms with Gasteiger partial charge >= 0.3 is 0 Å². The Labute approximate surface area is 108 Å². The van der Waals surface area contributed by atoms with Gasteiger partial charge in [0, 0.05) is 13.6 Å². The Bertz CT molecular complexity index is 301. The summed E-state index contributed by atoms with van der Waals surface area (Å²) in [6, 6.07) is 0. The van der Waals surface area contributed by atoms with Crippen molar-refractivity contribution in [3.8, 4) is 0 Å². The van der Waals surface area contributed by atoms with Crippen molar-refractivity contribution in [3.63, 3.8) is 0 Å². The number of nitrogens with zero attached hydrogens (tertiary/aromatic N) is 1. The fourth-order valence-corrected chi connectivity index (χ4v) is 2.28. The maximum Gasteiger partial charge on any atom is 0.235 e. The largest absolute Gasteiger partial charge is 0.392 e. The van der Waals surface area contributed by atoms with E-state index in [1.165, 1.54) is 0 Å². The first-order valence-electron chi connectivity index (χ1n) is 6.07. The number of likely N-dealkylation sites (N-methyl/N-ethyl adjacent to an activating group) is 1. The second-order valence-electron chi connectivity index (χ2n) is 4.95. The third-order valence-corrected chi connectivity index (χ3v) is 3.70. The van der Waals surface area contributed by atoms with E-state index in [4.69, 9.17) is 22.7 Å². The molecule has 0 bridgehead atoms. The first kappa shape index (κ1) is 14.4. The van der Waals surface area contributed by atoms with E-state index in [0.717, 1.165) is 19.3 Å². The molecule has 0 atom stereocenters. The zero-order chi connectivity index (χ0) is 13.1. The third-order valence-electron chi connectivity index (χ3n) is 3.31. The molecule has 0 aromatic heterocycles. The van der Waals surface area contributed by atoms with Gasteiger partial charge in [0.15, 0.2) is 0 Å². The van der Waals surface area contributed by atoms with E-state index >= 15 is 0 Å². The van der Waals surface area contributed by atoms with Crippen LogP contribution in [0.25, 0.3) is 0 Å². The van der Waals surface area contributed by atoms with Crippen LogP contribution in [-0.2, 0) is 9.53 Å². The summed E-state index contributed by atoms with van der Waals surface area (Å²) in [6.07, 6.45) is 2.79. The van der Waals surface area contributed by atoms with E-state index in [-0.39, 0.29) is 12.0 Å². The Balaban J connectivity index is 2.48. The Hall–Kier alpha value is -0.680. The molecule has 0 aromatic carbocycles. The summed E-state index contributed by atoms with van der Waals surface area (Å²) < 4.78 is 5.43. The fourth-order valence-electron chi connectivity index (χ4n) is 1.99. The van der Waals surface area contributed by atoms with E-state index in [2.05, 4.69) is 0 Å². The Morgan fingerprint density at radius 1 is 1.53 bits per heavy atom. The number of nitrogens with two attached hydrogens (primary N) is 1. The minimum atomic E-state index is -0.568. The first-order valence-corrected chi connectivity index (χ1v) is 6.48. The molecule has 1 fully saturated rings. The van der Waals surface area contributed by atoms with E-state index in [9.17, 15) is 4.79 Å². The van der Waals surface area contributed by atoms with Crippen molar-refractivity contribution in [1.82, 2.24) is 4.90 Å². The highest BCUT2D eigenvalue weighted by molar-refractivity contribution is 7.80. The molecule has 0 saturated heterocycles. The number of thiocarbonyl (C=S) groups is 1. The van der Waals surface area contributed by atoms with Crippen molar-refractivity contribution >= 4 is 23.1 Å². The maximum absolute atomic E-state index is 12.3. The molecule has 0 unspecified atom stereocenters. The number of rotatable bonds is 6. The van der Waals surface area contributed by atoms with Gasteiger partial charge in [0.2, 0.25) is 5.91 Å². The Kier molecular flexibility index (Phi) is 4.89. The van der Waals surface area contributed by atoms with Gasteiger partial charge in [-0.05, 0) is 26.7 Å². The van der Waals surface area contributed by atoms with Crippen molar-refractivity contribution in [1.29, 1.82) is 0 Å². The number of carbonyl (C=O) groups excluding carboxylic acids is 1. The van der Waals surface area contributed by atoms with E-state index in [1.807, 2.05) is 13.8 Å².